The number of rotatable bonds is 4. The van der Waals surface area contributed by atoms with Gasteiger partial charge in [0.15, 0.2) is 0 Å². The van der Waals surface area contributed by atoms with Crippen LogP contribution in [0.3, 0.4) is 0 Å². The van der Waals surface area contributed by atoms with Gasteiger partial charge in [0.1, 0.15) is 5.65 Å². The van der Waals surface area contributed by atoms with Gasteiger partial charge < -0.3 is 5.32 Å². The van der Waals surface area contributed by atoms with E-state index in [9.17, 15) is 9.59 Å². The maximum absolute atomic E-state index is 13.4. The Labute approximate surface area is 174 Å². The third-order valence-corrected chi connectivity index (χ3v) is 5.31. The molecule has 0 bridgehead atoms. The number of carbonyl (C=O) groups is 1. The molecule has 1 saturated carbocycles. The molecular formula is C23H25N5O2. The lowest BCUT2D eigenvalue weighted by atomic mass is 10.1. The van der Waals surface area contributed by atoms with Crippen LogP contribution in [0.4, 0.5) is 0 Å². The van der Waals surface area contributed by atoms with E-state index >= 15 is 0 Å². The Kier molecular flexibility index (Phi) is 5.35. The molecule has 0 aliphatic heterocycles. The van der Waals surface area contributed by atoms with E-state index in [4.69, 9.17) is 0 Å². The zero-order valence-electron chi connectivity index (χ0n) is 17.4. The second-order valence-electron chi connectivity index (χ2n) is 7.21. The predicted molar refractivity (Wildman–Crippen MR) is 117 cm³/mol. The van der Waals surface area contributed by atoms with Gasteiger partial charge in [0.2, 0.25) is 0 Å². The summed E-state index contributed by atoms with van der Waals surface area (Å²) in [7, 11) is 1.60. The van der Waals surface area contributed by atoms with Crippen LogP contribution in [0.15, 0.2) is 53.7 Å². The van der Waals surface area contributed by atoms with Gasteiger partial charge in [-0.2, -0.15) is 5.10 Å². The van der Waals surface area contributed by atoms with Crippen molar-refractivity contribution < 1.29 is 4.79 Å². The molecule has 0 radical (unpaired) electrons. The first-order chi connectivity index (χ1) is 14.7. The number of pyridine rings is 1. The summed E-state index contributed by atoms with van der Waals surface area (Å²) in [6.45, 7) is 4.00. The second-order valence-corrected chi connectivity index (χ2v) is 7.21. The Morgan fingerprint density at radius 3 is 2.53 bits per heavy atom. The Morgan fingerprint density at radius 2 is 1.87 bits per heavy atom. The molecule has 0 saturated heterocycles. The van der Waals surface area contributed by atoms with Crippen LogP contribution in [0.2, 0.25) is 0 Å². The van der Waals surface area contributed by atoms with Crippen molar-refractivity contribution in [2.75, 3.05) is 7.05 Å². The largest absolute Gasteiger partial charge is 0.355 e. The number of hydrogen-bond acceptors (Lipinski definition) is 4. The maximum Gasteiger partial charge on any atom is 0.266 e. The molecule has 1 aliphatic carbocycles. The highest BCUT2D eigenvalue weighted by Crippen LogP contribution is 2.34. The average Bonchev–Trinajstić information content (AvgIpc) is 3.53. The molecule has 1 amide bonds. The number of nitrogens with one attached hydrogen (secondary N) is 1. The molecule has 30 heavy (non-hydrogen) atoms. The predicted octanol–water partition coefficient (Wildman–Crippen LogP) is 3.37. The number of carbonyl (C=O) groups excluding carboxylic acids is 1. The third kappa shape index (κ3) is 3.36. The van der Waals surface area contributed by atoms with Crippen molar-refractivity contribution in [2.24, 2.45) is 5.92 Å². The van der Waals surface area contributed by atoms with Crippen LogP contribution >= 0.6 is 0 Å². The molecule has 1 N–H and O–H groups in total. The molecule has 1 aromatic carbocycles. The van der Waals surface area contributed by atoms with Crippen molar-refractivity contribution in [1.29, 1.82) is 0 Å². The van der Waals surface area contributed by atoms with E-state index in [-0.39, 0.29) is 11.5 Å². The van der Waals surface area contributed by atoms with Crippen LogP contribution in [0.25, 0.3) is 22.2 Å². The van der Waals surface area contributed by atoms with Crippen LogP contribution in [-0.2, 0) is 6.42 Å². The Hall–Kier alpha value is -3.48. The lowest BCUT2D eigenvalue weighted by Gasteiger charge is -2.13. The number of hydrogen-bond donors (Lipinski definition) is 1. The second kappa shape index (κ2) is 8.10. The molecule has 3 heterocycles. The van der Waals surface area contributed by atoms with Gasteiger partial charge in [-0.25, -0.2) is 4.52 Å². The van der Waals surface area contributed by atoms with Crippen molar-refractivity contribution >= 4 is 22.5 Å². The molecule has 154 valence electrons. The van der Waals surface area contributed by atoms with Crippen LogP contribution < -0.4 is 10.9 Å². The van der Waals surface area contributed by atoms with E-state index in [1.165, 1.54) is 12.8 Å². The maximum atomic E-state index is 13.4. The fraction of sp³-hybridized carbons (Fsp3) is 0.304. The minimum Gasteiger partial charge on any atom is -0.355 e. The summed E-state index contributed by atoms with van der Waals surface area (Å²) in [6, 6.07) is 8.77. The van der Waals surface area contributed by atoms with Gasteiger partial charge in [-0.3, -0.25) is 19.1 Å². The van der Waals surface area contributed by atoms with Crippen LogP contribution in [0.1, 0.15) is 42.6 Å². The summed E-state index contributed by atoms with van der Waals surface area (Å²) in [6.07, 6.45) is 8.49. The lowest BCUT2D eigenvalue weighted by molar-refractivity contribution is 0.0963. The number of amides is 1. The van der Waals surface area contributed by atoms with E-state index in [0.717, 1.165) is 17.6 Å². The fourth-order valence-electron chi connectivity index (χ4n) is 3.67. The molecule has 4 aromatic rings. The van der Waals surface area contributed by atoms with Gasteiger partial charge in [-0.05, 0) is 55.5 Å². The Balaban J connectivity index is 0.00000106. The van der Waals surface area contributed by atoms with Gasteiger partial charge in [-0.15, -0.1) is 0 Å². The fourth-order valence-corrected chi connectivity index (χ4v) is 3.67. The first-order valence-electron chi connectivity index (χ1n) is 10.3. The summed E-state index contributed by atoms with van der Waals surface area (Å²) >= 11 is 0. The lowest BCUT2D eigenvalue weighted by Crippen LogP contribution is -2.23. The standard InChI is InChI=1S/C21H19N5O2.C2H6/c1-22-19(27)14-4-6-16(7-5-14)25-20-15(10-13-2-3-13)11-24-26(20)18-12-23-9-8-17(18)21(25)28;1-2/h4-9,11-13H,2-3,10H2,1H3,(H,22,27);1-2H3. The van der Waals surface area contributed by atoms with E-state index in [1.54, 1.807) is 58.9 Å². The van der Waals surface area contributed by atoms with Crippen molar-refractivity contribution in [2.45, 2.75) is 33.1 Å². The van der Waals surface area contributed by atoms with Gasteiger partial charge in [-0.1, -0.05) is 13.8 Å². The van der Waals surface area contributed by atoms with Gasteiger partial charge in [0.05, 0.1) is 29.0 Å². The molecule has 0 atom stereocenters. The third-order valence-electron chi connectivity index (χ3n) is 5.31. The quantitative estimate of drug-likeness (QED) is 0.566. The zero-order chi connectivity index (χ0) is 21.3. The first kappa shape index (κ1) is 19.8. The van der Waals surface area contributed by atoms with Gasteiger partial charge >= 0.3 is 0 Å². The number of benzene rings is 1. The van der Waals surface area contributed by atoms with E-state index in [1.807, 2.05) is 20.0 Å². The highest BCUT2D eigenvalue weighted by Gasteiger charge is 2.25. The number of aromatic nitrogens is 4. The molecule has 1 fully saturated rings. The monoisotopic (exact) mass is 403 g/mol. The minimum atomic E-state index is -0.160. The molecule has 1 aliphatic rings. The molecule has 0 unspecified atom stereocenters. The molecular weight excluding hydrogens is 378 g/mol. The first-order valence-corrected chi connectivity index (χ1v) is 10.3. The molecule has 0 spiro atoms. The topological polar surface area (TPSA) is 81.3 Å². The normalized spacial score (nSPS) is 13.2. The molecule has 7 heteroatoms. The van der Waals surface area contributed by atoms with Crippen LogP contribution in [0.5, 0.6) is 0 Å². The summed E-state index contributed by atoms with van der Waals surface area (Å²) in [4.78, 5) is 29.4. The van der Waals surface area contributed by atoms with Gasteiger partial charge in [0, 0.05) is 24.4 Å². The Bertz CT molecular complexity index is 1270. The Morgan fingerprint density at radius 1 is 1.13 bits per heavy atom. The van der Waals surface area contributed by atoms with Crippen molar-refractivity contribution in [3.05, 3.63) is 70.4 Å². The number of nitrogens with zero attached hydrogens (tertiary/aromatic N) is 4. The van der Waals surface area contributed by atoms with Gasteiger partial charge in [0.25, 0.3) is 11.5 Å². The zero-order valence-corrected chi connectivity index (χ0v) is 17.4. The molecule has 7 nitrogen and oxygen atoms in total. The highest BCUT2D eigenvalue weighted by molar-refractivity contribution is 5.94. The summed E-state index contributed by atoms with van der Waals surface area (Å²) in [5, 5.41) is 7.73. The van der Waals surface area contributed by atoms with Crippen molar-refractivity contribution in [1.82, 2.24) is 24.5 Å². The van der Waals surface area contributed by atoms with Crippen molar-refractivity contribution in [3.63, 3.8) is 0 Å². The van der Waals surface area contributed by atoms with E-state index in [0.29, 0.717) is 28.1 Å². The summed E-state index contributed by atoms with van der Waals surface area (Å²) < 4.78 is 3.49. The number of fused-ring (bicyclic) bond motifs is 3. The van der Waals surface area contributed by atoms with Crippen LogP contribution in [-0.4, -0.2) is 32.1 Å². The molecule has 5 rings (SSSR count). The average molecular weight is 403 g/mol. The summed E-state index contributed by atoms with van der Waals surface area (Å²) in [5.41, 5.74) is 3.66. The highest BCUT2D eigenvalue weighted by atomic mass is 16.1. The van der Waals surface area contributed by atoms with Crippen LogP contribution in [0, 0.1) is 5.92 Å². The molecule has 3 aromatic heterocycles. The summed E-state index contributed by atoms with van der Waals surface area (Å²) in [5.74, 6) is 0.504. The van der Waals surface area contributed by atoms with E-state index < -0.39 is 0 Å². The SMILES string of the molecule is CC.CNC(=O)c1ccc(-n2c(=O)c3ccncc3n3ncc(CC4CC4)c23)cc1. The van der Waals surface area contributed by atoms with E-state index in [2.05, 4.69) is 15.4 Å². The van der Waals surface area contributed by atoms with Crippen molar-refractivity contribution in [3.8, 4) is 5.69 Å². The minimum absolute atomic E-state index is 0.116. The smallest absolute Gasteiger partial charge is 0.266 e.